The number of benzene rings is 5. The molecule has 0 fully saturated rings. The van der Waals surface area contributed by atoms with Gasteiger partial charge in [-0.05, 0) is 83.1 Å². The number of imidazole rings is 1. The molecule has 0 aliphatic carbocycles. The summed E-state index contributed by atoms with van der Waals surface area (Å²) < 4.78 is 11.0. The van der Waals surface area contributed by atoms with Gasteiger partial charge in [-0.3, -0.25) is 4.98 Å². The van der Waals surface area contributed by atoms with Gasteiger partial charge in [0, 0.05) is 34.5 Å². The summed E-state index contributed by atoms with van der Waals surface area (Å²) in [7, 11) is 0. The molecule has 0 N–H and O–H groups in total. The minimum Gasteiger partial charge on any atom is -0.503 e. The zero-order valence-corrected chi connectivity index (χ0v) is 35.3. The fourth-order valence-electron chi connectivity index (χ4n) is 7.56. The molecule has 0 amide bonds. The second kappa shape index (κ2) is 14.4. The number of rotatable bonds is 6. The van der Waals surface area contributed by atoms with Crippen LogP contribution in [0.4, 0.5) is 0 Å². The van der Waals surface area contributed by atoms with E-state index in [2.05, 4.69) is 169 Å². The molecule has 278 valence electrons. The van der Waals surface area contributed by atoms with Crippen LogP contribution in [0, 0.1) is 32.9 Å². The van der Waals surface area contributed by atoms with Crippen molar-refractivity contribution in [2.24, 2.45) is 0 Å². The molecule has 8 rings (SSSR count). The van der Waals surface area contributed by atoms with Gasteiger partial charge in [0.15, 0.2) is 0 Å². The minimum atomic E-state index is -0.183. The van der Waals surface area contributed by atoms with Gasteiger partial charge in [0.25, 0.3) is 0 Å². The van der Waals surface area contributed by atoms with E-state index < -0.39 is 0 Å². The third kappa shape index (κ3) is 7.19. The van der Waals surface area contributed by atoms with Crippen LogP contribution in [0.3, 0.4) is 0 Å². The van der Waals surface area contributed by atoms with Crippen LogP contribution in [-0.4, -0.2) is 19.1 Å². The zero-order chi connectivity index (χ0) is 37.9. The second-order valence-electron chi connectivity index (χ2n) is 16.5. The Kier molecular flexibility index (Phi) is 9.98. The predicted octanol–water partition coefficient (Wildman–Crippen LogP) is 12.6. The smallest absolute Gasteiger partial charge is 0.503 e. The number of fused-ring (bicyclic) bond motifs is 3. The first-order valence-corrected chi connectivity index (χ1v) is 18.7. The topological polar surface area (TPSA) is 44.9 Å². The molecule has 3 heterocycles. The SMILES string of the molecule is Cc1cc(-n2c3[c-]c(Oc4[c-]c(-c5cn(-c6c(C)cccc6C)cn5)ccc4)cc(C(C)(C)C)c3c3ccccc32)ncc1-c1cccc(C(C)(C)C)c1.[Pt+2]. The fraction of sp³-hybridized carbons (Fsp3) is 0.224. The summed E-state index contributed by atoms with van der Waals surface area (Å²) in [5, 5.41) is 2.32. The summed E-state index contributed by atoms with van der Waals surface area (Å²) in [5.41, 5.74) is 13.1. The number of para-hydroxylation sites is 2. The first-order valence-electron chi connectivity index (χ1n) is 18.7. The molecule has 0 spiro atoms. The molecule has 0 aliphatic heterocycles. The fourth-order valence-corrected chi connectivity index (χ4v) is 7.56. The quantitative estimate of drug-likeness (QED) is 0.156. The van der Waals surface area contributed by atoms with Crippen LogP contribution >= 0.6 is 0 Å². The second-order valence-corrected chi connectivity index (χ2v) is 16.5. The Bertz CT molecular complexity index is 2680. The zero-order valence-electron chi connectivity index (χ0n) is 33.0. The van der Waals surface area contributed by atoms with Crippen molar-refractivity contribution in [2.75, 3.05) is 0 Å². The molecular weight excluding hydrogens is 856 g/mol. The number of hydrogen-bond acceptors (Lipinski definition) is 3. The van der Waals surface area contributed by atoms with Crippen LogP contribution in [0.1, 0.15) is 69.4 Å². The van der Waals surface area contributed by atoms with E-state index in [4.69, 9.17) is 14.7 Å². The minimum absolute atomic E-state index is 0. The van der Waals surface area contributed by atoms with Gasteiger partial charge in [-0.25, -0.2) is 4.98 Å². The molecule has 0 atom stereocenters. The molecule has 5 aromatic carbocycles. The van der Waals surface area contributed by atoms with Crippen molar-refractivity contribution in [3.63, 3.8) is 0 Å². The normalized spacial score (nSPS) is 11.9. The molecule has 55 heavy (non-hydrogen) atoms. The van der Waals surface area contributed by atoms with Gasteiger partial charge in [0.2, 0.25) is 0 Å². The van der Waals surface area contributed by atoms with E-state index in [9.17, 15) is 0 Å². The first kappa shape index (κ1) is 38.0. The van der Waals surface area contributed by atoms with Gasteiger partial charge < -0.3 is 13.9 Å². The number of ether oxygens (including phenoxy) is 1. The summed E-state index contributed by atoms with van der Waals surface area (Å²) in [6.07, 6.45) is 5.94. The van der Waals surface area contributed by atoms with Gasteiger partial charge in [-0.2, -0.15) is 0 Å². The van der Waals surface area contributed by atoms with Crippen LogP contribution in [0.15, 0.2) is 116 Å². The van der Waals surface area contributed by atoms with Crippen molar-refractivity contribution in [3.05, 3.63) is 156 Å². The number of aryl methyl sites for hydroxylation is 3. The predicted molar refractivity (Wildman–Crippen MR) is 222 cm³/mol. The van der Waals surface area contributed by atoms with Crippen molar-refractivity contribution >= 4 is 21.8 Å². The van der Waals surface area contributed by atoms with E-state index in [1.54, 1.807) is 0 Å². The Hall–Kier alpha value is -5.25. The van der Waals surface area contributed by atoms with Gasteiger partial charge in [0.05, 0.1) is 12.0 Å². The van der Waals surface area contributed by atoms with Crippen LogP contribution in [0.5, 0.6) is 11.5 Å². The Morgan fingerprint density at radius 2 is 1.40 bits per heavy atom. The monoisotopic (exact) mass is 901 g/mol. The standard InChI is InChI=1S/C49H46N4O.Pt/c1-31-15-12-16-32(2)47(31)52-29-42(51-30-52)35-18-14-20-37(25-35)54-38-26-41(49(7,8)9)46-39-21-10-11-22-43(39)53(44(46)27-38)45-23-33(3)40(28-50-45)34-17-13-19-36(24-34)48(4,5)6;/h10-24,26,28-30H,1-9H3;/q-2;+2. The van der Waals surface area contributed by atoms with Crippen LogP contribution in [-0.2, 0) is 31.9 Å². The molecule has 6 heteroatoms. The number of nitrogens with zero attached hydrogens (tertiary/aromatic N) is 4. The van der Waals surface area contributed by atoms with Crippen LogP contribution < -0.4 is 4.74 Å². The number of aromatic nitrogens is 4. The van der Waals surface area contributed by atoms with Gasteiger partial charge in [-0.15, -0.1) is 41.5 Å². The van der Waals surface area contributed by atoms with Crippen molar-refractivity contribution in [3.8, 4) is 45.4 Å². The van der Waals surface area contributed by atoms with Crippen molar-refractivity contribution in [1.82, 2.24) is 19.1 Å². The van der Waals surface area contributed by atoms with Gasteiger partial charge in [0.1, 0.15) is 5.82 Å². The number of hydrogen-bond donors (Lipinski definition) is 0. The summed E-state index contributed by atoms with van der Waals surface area (Å²) in [5.74, 6) is 2.07. The van der Waals surface area contributed by atoms with Gasteiger partial charge >= 0.3 is 21.1 Å². The first-order chi connectivity index (χ1) is 25.8. The maximum Gasteiger partial charge on any atom is 2.00 e. The maximum atomic E-state index is 6.66. The molecule has 3 aromatic heterocycles. The molecule has 0 bridgehead atoms. The summed E-state index contributed by atoms with van der Waals surface area (Å²) in [6, 6.07) is 41.2. The third-order valence-electron chi connectivity index (χ3n) is 10.4. The molecule has 5 nitrogen and oxygen atoms in total. The Labute approximate surface area is 339 Å². The number of pyridine rings is 1. The van der Waals surface area contributed by atoms with E-state index >= 15 is 0 Å². The van der Waals surface area contributed by atoms with E-state index in [1.807, 2.05) is 30.7 Å². The molecule has 0 unspecified atom stereocenters. The average Bonchev–Trinajstić information content (AvgIpc) is 3.74. The molecule has 0 aliphatic rings. The largest absolute Gasteiger partial charge is 2.00 e. The average molecular weight is 902 g/mol. The van der Waals surface area contributed by atoms with Crippen molar-refractivity contribution in [2.45, 2.75) is 73.1 Å². The summed E-state index contributed by atoms with van der Waals surface area (Å²) in [6.45, 7) is 19.9. The summed E-state index contributed by atoms with van der Waals surface area (Å²) in [4.78, 5) is 9.88. The van der Waals surface area contributed by atoms with E-state index in [0.717, 1.165) is 55.7 Å². The molecule has 8 aromatic rings. The molecule has 0 saturated heterocycles. The molecule has 0 radical (unpaired) electrons. The Balaban J connectivity index is 0.00000465. The van der Waals surface area contributed by atoms with Crippen molar-refractivity contribution in [1.29, 1.82) is 0 Å². The molecular formula is C49H46N4OPt. The van der Waals surface area contributed by atoms with Crippen LogP contribution in [0.2, 0.25) is 0 Å². The maximum absolute atomic E-state index is 6.66. The van der Waals surface area contributed by atoms with E-state index in [0.29, 0.717) is 11.5 Å². The third-order valence-corrected chi connectivity index (χ3v) is 10.4. The molecule has 0 saturated carbocycles. The Morgan fingerprint density at radius 1 is 0.673 bits per heavy atom. The van der Waals surface area contributed by atoms with E-state index in [1.165, 1.54) is 27.8 Å². The van der Waals surface area contributed by atoms with Crippen LogP contribution in [0.25, 0.3) is 55.7 Å². The van der Waals surface area contributed by atoms with Gasteiger partial charge in [-0.1, -0.05) is 119 Å². The Morgan fingerprint density at radius 3 is 2.13 bits per heavy atom. The van der Waals surface area contributed by atoms with E-state index in [-0.39, 0.29) is 31.9 Å². The van der Waals surface area contributed by atoms with Crippen molar-refractivity contribution < 1.29 is 25.8 Å². The summed E-state index contributed by atoms with van der Waals surface area (Å²) >= 11 is 0.